The number of benzene rings is 7. The molecule has 0 aliphatic heterocycles. The molecule has 5 N–H and O–H groups in total. The van der Waals surface area contributed by atoms with E-state index >= 15 is 0 Å². The minimum atomic E-state index is -4.53. The maximum atomic E-state index is 12.1. The number of nitrogens with one attached hydrogen (secondary N) is 1. The van der Waals surface area contributed by atoms with Gasteiger partial charge in [0.15, 0.2) is 11.5 Å². The maximum Gasteiger partial charge on any atom is 0.356 e. The zero-order chi connectivity index (χ0) is 55.0. The Labute approximate surface area is 450 Å². The fourth-order valence-corrected chi connectivity index (χ4v) is 10.1. The number of aromatic amines is 1. The number of anilines is 2. The molecule has 9 aromatic rings. The Balaban J connectivity index is 0.000000212. The molecule has 9 rings (SSSR count). The van der Waals surface area contributed by atoms with Gasteiger partial charge >= 0.3 is 7.60 Å². The summed E-state index contributed by atoms with van der Waals surface area (Å²) in [6.07, 6.45) is 3.16. The average molecular weight is 1050 g/mol. The van der Waals surface area contributed by atoms with Crippen molar-refractivity contribution in [3.63, 3.8) is 0 Å². The van der Waals surface area contributed by atoms with E-state index in [2.05, 4.69) is 108 Å². The van der Waals surface area contributed by atoms with Gasteiger partial charge in [-0.3, -0.25) is 9.36 Å². The van der Waals surface area contributed by atoms with Crippen LogP contribution in [0.2, 0.25) is 0 Å². The van der Waals surface area contributed by atoms with E-state index in [4.69, 9.17) is 19.4 Å². The van der Waals surface area contributed by atoms with Crippen molar-refractivity contribution in [1.82, 2.24) is 19.5 Å². The third-order valence-electron chi connectivity index (χ3n) is 13.7. The highest BCUT2D eigenvalue weighted by Crippen LogP contribution is 2.45. The van der Waals surface area contributed by atoms with Crippen molar-refractivity contribution in [2.75, 3.05) is 51.2 Å². The van der Waals surface area contributed by atoms with Gasteiger partial charge in [0.2, 0.25) is 5.75 Å². The number of aromatic hydroxyl groups is 2. The van der Waals surface area contributed by atoms with Crippen LogP contribution in [0.5, 0.6) is 23.0 Å². The molecular weight excluding hydrogens is 988 g/mol. The molecule has 0 spiro atoms. The molecule has 0 atom stereocenters. The van der Waals surface area contributed by atoms with Crippen LogP contribution in [-0.4, -0.2) is 87.2 Å². The Bertz CT molecular complexity index is 3520. The van der Waals surface area contributed by atoms with Crippen LogP contribution in [0.4, 0.5) is 11.4 Å². The van der Waals surface area contributed by atoms with Crippen molar-refractivity contribution in [1.29, 1.82) is 0 Å². The zero-order valence-electron chi connectivity index (χ0n) is 44.7. The highest BCUT2D eigenvalue weighted by molar-refractivity contribution is 7.60. The quantitative estimate of drug-likeness (QED) is 0.0405. The molecule has 0 fully saturated rings. The fraction of sp³-hybridized carbons (Fsp3) is 0.210. The van der Waals surface area contributed by atoms with Crippen LogP contribution in [0, 0.1) is 0 Å². The zero-order valence-corrected chi connectivity index (χ0v) is 45.5. The summed E-state index contributed by atoms with van der Waals surface area (Å²) in [5.74, 6) is 1.94. The van der Waals surface area contributed by atoms with Crippen LogP contribution in [0.1, 0.15) is 48.1 Å². The molecule has 0 unspecified atom stereocenters. The Morgan fingerprint density at radius 1 is 0.636 bits per heavy atom. The SMILES string of the molecule is CCc1nc(-c2cc(-c3cccc(C=O)c3)c(O)c(-c3cccc(P(=O)(O)O)c3)c2)n(C)c1-c1ccc(N(CC)CC)cc1.COc1cc(-c2nc(-c3ccc(N(C)C)cc3)c(CCc3ccccc3)[nH]2)cc(OC)c1O. The van der Waals surface area contributed by atoms with Gasteiger partial charge in [-0.05, 0) is 117 Å². The van der Waals surface area contributed by atoms with Crippen molar-refractivity contribution < 1.29 is 38.8 Å². The van der Waals surface area contributed by atoms with Gasteiger partial charge in [-0.2, -0.15) is 0 Å². The molecule has 0 bridgehead atoms. The Morgan fingerprint density at radius 3 is 1.81 bits per heavy atom. The first-order valence-electron chi connectivity index (χ1n) is 25.5. The minimum absolute atomic E-state index is 0.0286. The molecule has 7 aromatic carbocycles. The van der Waals surface area contributed by atoms with E-state index < -0.39 is 7.60 Å². The molecule has 2 heterocycles. The number of phenols is 2. The summed E-state index contributed by atoms with van der Waals surface area (Å²) >= 11 is 0. The Morgan fingerprint density at radius 2 is 1.23 bits per heavy atom. The van der Waals surface area contributed by atoms with E-state index in [1.807, 2.05) is 37.8 Å². The lowest BCUT2D eigenvalue weighted by Crippen LogP contribution is -2.21. The lowest BCUT2D eigenvalue weighted by Gasteiger charge is -2.21. The molecule has 15 heteroatoms. The fourth-order valence-electron chi connectivity index (χ4n) is 9.50. The molecule has 0 saturated heterocycles. The summed E-state index contributed by atoms with van der Waals surface area (Å²) < 4.78 is 24.8. The van der Waals surface area contributed by atoms with Gasteiger partial charge in [-0.1, -0.05) is 91.9 Å². The van der Waals surface area contributed by atoms with E-state index in [9.17, 15) is 29.4 Å². The highest BCUT2D eigenvalue weighted by atomic mass is 31.2. The molecular formula is C62H65N6O8P. The van der Waals surface area contributed by atoms with E-state index in [1.165, 1.54) is 31.9 Å². The van der Waals surface area contributed by atoms with Crippen molar-refractivity contribution in [2.24, 2.45) is 7.05 Å². The van der Waals surface area contributed by atoms with Gasteiger partial charge < -0.3 is 48.8 Å². The number of hydrogen-bond acceptors (Lipinski definition) is 10. The maximum absolute atomic E-state index is 12.1. The summed E-state index contributed by atoms with van der Waals surface area (Å²) in [4.78, 5) is 49.1. The normalized spacial score (nSPS) is 11.2. The number of phenolic OH excluding ortho intramolecular Hbond substituents is 2. The molecule has 0 aliphatic carbocycles. The molecule has 2 aromatic heterocycles. The second-order valence-corrected chi connectivity index (χ2v) is 20.3. The number of methoxy groups -OCH3 is 2. The number of carbonyl (C=O) groups excluding carboxylic acids is 1. The summed E-state index contributed by atoms with van der Waals surface area (Å²) in [6, 6.07) is 47.4. The number of nitrogens with zero attached hydrogens (tertiary/aromatic N) is 5. The second-order valence-electron chi connectivity index (χ2n) is 18.7. The van der Waals surface area contributed by atoms with Crippen molar-refractivity contribution in [3.05, 3.63) is 174 Å². The molecule has 0 radical (unpaired) electrons. The van der Waals surface area contributed by atoms with E-state index in [0.29, 0.717) is 62.9 Å². The number of imidazole rings is 2. The van der Waals surface area contributed by atoms with E-state index in [1.54, 1.807) is 54.6 Å². The molecule has 0 aliphatic rings. The van der Waals surface area contributed by atoms with Gasteiger partial charge in [0.1, 0.15) is 23.7 Å². The van der Waals surface area contributed by atoms with E-state index in [-0.39, 0.29) is 16.8 Å². The third-order valence-corrected chi connectivity index (χ3v) is 14.6. The van der Waals surface area contributed by atoms with E-state index in [0.717, 1.165) is 83.1 Å². The standard InChI is InChI=1S/C35H36N3O5P.C27H29N3O3/c1-5-32-33(24-14-16-28(17-15-24)38(6-2)7-3)37(4)35(36-32)27-20-30(25-11-8-10-23(18-25)22-39)34(40)31(21-27)26-12-9-13-29(19-26)44(41,42)43;1-30(2)21-13-11-19(12-14-21)25-22(15-10-18-8-6-5-7-9-18)28-27(29-25)20-16-23(32-3)26(31)24(17-20)33-4/h8-22,40H,5-7H2,1-4H3,(H2,41,42,43);5-9,11-14,16-17,31H,10,15H2,1-4H3,(H,28,29). The van der Waals surface area contributed by atoms with Crippen LogP contribution in [0.15, 0.2) is 152 Å². The molecule has 14 nitrogen and oxygen atoms in total. The predicted octanol–water partition coefficient (Wildman–Crippen LogP) is 12.1. The molecule has 77 heavy (non-hydrogen) atoms. The van der Waals surface area contributed by atoms with Crippen molar-refractivity contribution in [2.45, 2.75) is 40.0 Å². The first-order valence-corrected chi connectivity index (χ1v) is 27.1. The van der Waals surface area contributed by atoms with Crippen molar-refractivity contribution in [3.8, 4) is 90.5 Å². The van der Waals surface area contributed by atoms with Gasteiger partial charge in [-0.25, -0.2) is 9.97 Å². The van der Waals surface area contributed by atoms with Gasteiger partial charge in [0, 0.05) is 90.2 Å². The monoisotopic (exact) mass is 1050 g/mol. The first kappa shape index (κ1) is 54.8. The number of hydrogen-bond donors (Lipinski definition) is 5. The lowest BCUT2D eigenvalue weighted by molar-refractivity contribution is 0.112. The second kappa shape index (κ2) is 24.1. The van der Waals surface area contributed by atoms with Gasteiger partial charge in [0.25, 0.3) is 0 Å². The predicted molar refractivity (Wildman–Crippen MR) is 309 cm³/mol. The minimum Gasteiger partial charge on any atom is -0.507 e. The van der Waals surface area contributed by atoms with Crippen LogP contribution >= 0.6 is 7.60 Å². The number of aromatic nitrogens is 4. The summed E-state index contributed by atoms with van der Waals surface area (Å²) in [6.45, 7) is 8.18. The largest absolute Gasteiger partial charge is 0.507 e. The Hall–Kier alpha value is -8.42. The highest BCUT2D eigenvalue weighted by Gasteiger charge is 2.24. The molecule has 0 amide bonds. The Kier molecular flexibility index (Phi) is 17.1. The lowest BCUT2D eigenvalue weighted by atomic mass is 9.93. The summed E-state index contributed by atoms with van der Waals surface area (Å²) in [5, 5.41) is 21.7. The number of aldehydes is 1. The number of carbonyl (C=O) groups is 1. The number of aryl methyl sites for hydroxylation is 3. The molecule has 396 valence electrons. The third kappa shape index (κ3) is 12.2. The van der Waals surface area contributed by atoms with Gasteiger partial charge in [-0.15, -0.1) is 0 Å². The first-order chi connectivity index (χ1) is 37.1. The van der Waals surface area contributed by atoms with Crippen LogP contribution in [0.3, 0.4) is 0 Å². The average Bonchev–Trinajstić information content (AvgIpc) is 4.05. The number of H-pyrrole nitrogens is 1. The van der Waals surface area contributed by atoms with Crippen LogP contribution in [0.25, 0.3) is 67.5 Å². The number of rotatable bonds is 18. The summed E-state index contributed by atoms with van der Waals surface area (Å²) in [7, 11) is 4.51. The van der Waals surface area contributed by atoms with Crippen LogP contribution in [-0.2, 0) is 30.9 Å². The topological polar surface area (TPSA) is 186 Å². The van der Waals surface area contributed by atoms with Crippen molar-refractivity contribution >= 4 is 30.6 Å². The van der Waals surface area contributed by atoms with Gasteiger partial charge in [0.05, 0.1) is 36.6 Å². The number of ether oxygens (including phenoxy) is 2. The molecule has 0 saturated carbocycles. The summed E-state index contributed by atoms with van der Waals surface area (Å²) in [5.41, 5.74) is 13.4. The smallest absolute Gasteiger partial charge is 0.356 e. The van der Waals surface area contributed by atoms with Crippen LogP contribution < -0.4 is 24.6 Å².